The normalized spacial score (nSPS) is 11.0. The van der Waals surface area contributed by atoms with Gasteiger partial charge in [-0.15, -0.1) is 0 Å². The third-order valence-corrected chi connectivity index (χ3v) is 6.25. The lowest BCUT2D eigenvalue weighted by molar-refractivity contribution is 0.304. The third-order valence-electron chi connectivity index (χ3n) is 5.65. The number of hydrogen-bond acceptors (Lipinski definition) is 4. The molecule has 0 N–H and O–H groups in total. The van der Waals surface area contributed by atoms with E-state index in [0.29, 0.717) is 45.7 Å². The maximum Gasteiger partial charge on any atom is 0.261 e. The Balaban J connectivity index is 1.41. The van der Waals surface area contributed by atoms with Gasteiger partial charge in [0.1, 0.15) is 11.6 Å². The first-order valence-corrected chi connectivity index (χ1v) is 12.0. The number of halogens is 2. The molecule has 0 spiro atoms. The first kappa shape index (κ1) is 24.1. The molecule has 176 valence electrons. The van der Waals surface area contributed by atoms with Gasteiger partial charge < -0.3 is 9.47 Å². The number of nitrogens with zero attached hydrogens (tertiary/aromatic N) is 2. The van der Waals surface area contributed by atoms with E-state index in [0.717, 1.165) is 37.0 Å². The first-order chi connectivity index (χ1) is 16.6. The summed E-state index contributed by atoms with van der Waals surface area (Å²) >= 11 is 12.3. The number of ether oxygens (including phenoxy) is 2. The van der Waals surface area contributed by atoms with Crippen molar-refractivity contribution in [3.8, 4) is 22.9 Å². The average Bonchev–Trinajstić information content (AvgIpc) is 2.86. The van der Waals surface area contributed by atoms with Crippen LogP contribution in [-0.4, -0.2) is 23.3 Å². The smallest absolute Gasteiger partial charge is 0.261 e. The first-order valence-electron chi connectivity index (χ1n) is 11.3. The largest absolute Gasteiger partial charge is 0.497 e. The summed E-state index contributed by atoms with van der Waals surface area (Å²) < 4.78 is 12.8. The highest BCUT2D eigenvalue weighted by Crippen LogP contribution is 2.32. The zero-order chi connectivity index (χ0) is 23.9. The molecule has 4 aromatic rings. The Bertz CT molecular complexity index is 1300. The molecule has 0 aliphatic rings. The van der Waals surface area contributed by atoms with Crippen LogP contribution in [0.4, 0.5) is 0 Å². The van der Waals surface area contributed by atoms with Crippen LogP contribution < -0.4 is 15.0 Å². The molecule has 0 atom stereocenters. The molecule has 0 amide bonds. The number of fused-ring (bicyclic) bond motifs is 1. The highest BCUT2D eigenvalue weighted by molar-refractivity contribution is 6.37. The molecule has 0 aliphatic heterocycles. The number of rotatable bonds is 10. The van der Waals surface area contributed by atoms with Crippen LogP contribution in [0.1, 0.15) is 25.7 Å². The van der Waals surface area contributed by atoms with Crippen molar-refractivity contribution < 1.29 is 9.47 Å². The molecule has 0 aliphatic carbocycles. The maximum absolute atomic E-state index is 13.3. The molecule has 0 unspecified atom stereocenters. The zero-order valence-corrected chi connectivity index (χ0v) is 20.5. The monoisotopic (exact) mass is 496 g/mol. The standard InChI is InChI=1S/C27H26Cl2N2O3/c1-33-20-15-13-19(14-16-20)26-30-24-12-5-4-9-21(24)27(32)31(26)17-6-2-3-7-18-34-25-22(28)10-8-11-23(25)29/h4-5,8-16H,2-3,6-7,17-18H2,1H3. The number of unbranched alkanes of at least 4 members (excludes halogenated alkanes) is 3. The SMILES string of the molecule is COc1ccc(-c2nc3ccccc3c(=O)n2CCCCCCOc2c(Cl)cccc2Cl)cc1. The van der Waals surface area contributed by atoms with E-state index in [1.165, 1.54) is 0 Å². The Morgan fingerprint density at radius 2 is 1.56 bits per heavy atom. The van der Waals surface area contributed by atoms with E-state index in [1.807, 2.05) is 48.5 Å². The predicted molar refractivity (Wildman–Crippen MR) is 138 cm³/mol. The van der Waals surface area contributed by atoms with Gasteiger partial charge in [-0.2, -0.15) is 0 Å². The molecule has 0 bridgehead atoms. The van der Waals surface area contributed by atoms with Crippen LogP contribution in [0.25, 0.3) is 22.3 Å². The van der Waals surface area contributed by atoms with Crippen molar-refractivity contribution in [2.75, 3.05) is 13.7 Å². The van der Waals surface area contributed by atoms with E-state index >= 15 is 0 Å². The highest BCUT2D eigenvalue weighted by Gasteiger charge is 2.13. The van der Waals surface area contributed by atoms with Crippen molar-refractivity contribution >= 4 is 34.1 Å². The fraction of sp³-hybridized carbons (Fsp3) is 0.259. The molecule has 3 aromatic carbocycles. The zero-order valence-electron chi connectivity index (χ0n) is 19.0. The second-order valence-corrected chi connectivity index (χ2v) is 8.77. The van der Waals surface area contributed by atoms with E-state index in [2.05, 4.69) is 0 Å². The molecule has 1 heterocycles. The van der Waals surface area contributed by atoms with E-state index in [4.69, 9.17) is 37.7 Å². The van der Waals surface area contributed by atoms with Crippen LogP contribution in [0.15, 0.2) is 71.5 Å². The van der Waals surface area contributed by atoms with Gasteiger partial charge in [0.05, 0.1) is 34.7 Å². The Kier molecular flexibility index (Phi) is 8.09. The van der Waals surface area contributed by atoms with E-state index in [9.17, 15) is 4.79 Å². The van der Waals surface area contributed by atoms with Gasteiger partial charge in [-0.3, -0.25) is 9.36 Å². The number of aromatic nitrogens is 2. The molecular formula is C27H26Cl2N2O3. The van der Waals surface area contributed by atoms with Crippen LogP contribution in [0.5, 0.6) is 11.5 Å². The van der Waals surface area contributed by atoms with Gasteiger partial charge in [0.25, 0.3) is 5.56 Å². The molecule has 1 aromatic heterocycles. The van der Waals surface area contributed by atoms with Crippen LogP contribution in [-0.2, 0) is 6.54 Å². The molecule has 4 rings (SSSR count). The van der Waals surface area contributed by atoms with Gasteiger partial charge in [0, 0.05) is 12.1 Å². The predicted octanol–water partition coefficient (Wildman–Crippen LogP) is 7.02. The van der Waals surface area contributed by atoms with Gasteiger partial charge >= 0.3 is 0 Å². The number of para-hydroxylation sites is 2. The molecule has 0 saturated carbocycles. The van der Waals surface area contributed by atoms with E-state index in [-0.39, 0.29) is 5.56 Å². The Morgan fingerprint density at radius 1 is 0.853 bits per heavy atom. The number of methoxy groups -OCH3 is 1. The van der Waals surface area contributed by atoms with E-state index < -0.39 is 0 Å². The minimum atomic E-state index is -0.0203. The summed E-state index contributed by atoms with van der Waals surface area (Å²) in [5.74, 6) is 1.96. The van der Waals surface area contributed by atoms with Crippen molar-refractivity contribution in [2.45, 2.75) is 32.2 Å². The Morgan fingerprint density at radius 3 is 2.29 bits per heavy atom. The minimum absolute atomic E-state index is 0.0203. The highest BCUT2D eigenvalue weighted by atomic mass is 35.5. The Hall–Kier alpha value is -3.02. The lowest BCUT2D eigenvalue weighted by Gasteiger charge is -2.14. The van der Waals surface area contributed by atoms with Gasteiger partial charge in [-0.05, 0) is 61.4 Å². The molecule has 7 heteroatoms. The molecule has 0 saturated heterocycles. The van der Waals surface area contributed by atoms with Gasteiger partial charge in [0.15, 0.2) is 5.75 Å². The summed E-state index contributed by atoms with van der Waals surface area (Å²) in [6, 6.07) is 20.4. The topological polar surface area (TPSA) is 53.3 Å². The molecule has 0 radical (unpaired) electrons. The van der Waals surface area contributed by atoms with Gasteiger partial charge in [-0.25, -0.2) is 4.98 Å². The average molecular weight is 497 g/mol. The quantitative estimate of drug-likeness (QED) is 0.221. The second kappa shape index (κ2) is 11.4. The summed E-state index contributed by atoms with van der Waals surface area (Å²) in [6.07, 6.45) is 3.66. The summed E-state index contributed by atoms with van der Waals surface area (Å²) in [4.78, 5) is 18.1. The fourth-order valence-electron chi connectivity index (χ4n) is 3.86. The van der Waals surface area contributed by atoms with Crippen LogP contribution in [0, 0.1) is 0 Å². The van der Waals surface area contributed by atoms with Crippen LogP contribution in [0.2, 0.25) is 10.0 Å². The molecular weight excluding hydrogens is 471 g/mol. The summed E-state index contributed by atoms with van der Waals surface area (Å²) in [5.41, 5.74) is 1.56. The summed E-state index contributed by atoms with van der Waals surface area (Å²) in [6.45, 7) is 1.13. The lowest BCUT2D eigenvalue weighted by atomic mass is 10.1. The summed E-state index contributed by atoms with van der Waals surface area (Å²) in [5, 5.41) is 1.66. The third kappa shape index (κ3) is 5.54. The molecule has 5 nitrogen and oxygen atoms in total. The van der Waals surface area contributed by atoms with Crippen LogP contribution >= 0.6 is 23.2 Å². The van der Waals surface area contributed by atoms with Gasteiger partial charge in [0.2, 0.25) is 0 Å². The van der Waals surface area contributed by atoms with Crippen molar-refractivity contribution in [3.05, 3.63) is 87.1 Å². The fourth-order valence-corrected chi connectivity index (χ4v) is 4.36. The summed E-state index contributed by atoms with van der Waals surface area (Å²) in [7, 11) is 1.63. The number of hydrogen-bond donors (Lipinski definition) is 0. The van der Waals surface area contributed by atoms with Crippen LogP contribution in [0.3, 0.4) is 0 Å². The molecule has 0 fully saturated rings. The minimum Gasteiger partial charge on any atom is -0.497 e. The van der Waals surface area contributed by atoms with Crippen molar-refractivity contribution in [3.63, 3.8) is 0 Å². The Labute approximate surface area is 208 Å². The van der Waals surface area contributed by atoms with Crippen molar-refractivity contribution in [1.82, 2.24) is 9.55 Å². The number of benzene rings is 3. The van der Waals surface area contributed by atoms with E-state index in [1.54, 1.807) is 29.9 Å². The molecule has 34 heavy (non-hydrogen) atoms. The lowest BCUT2D eigenvalue weighted by Crippen LogP contribution is -2.23. The second-order valence-electron chi connectivity index (χ2n) is 7.95. The van der Waals surface area contributed by atoms with Crippen molar-refractivity contribution in [2.24, 2.45) is 0 Å². The van der Waals surface area contributed by atoms with Crippen molar-refractivity contribution in [1.29, 1.82) is 0 Å². The van der Waals surface area contributed by atoms with Gasteiger partial charge in [-0.1, -0.05) is 54.2 Å². The maximum atomic E-state index is 13.3.